The molecule has 0 saturated heterocycles. The maximum atomic E-state index is 14.4. The zero-order valence-corrected chi connectivity index (χ0v) is 29.3. The van der Waals surface area contributed by atoms with Crippen LogP contribution in [0.25, 0.3) is 0 Å². The van der Waals surface area contributed by atoms with Gasteiger partial charge in [-0.05, 0) is 81.6 Å². The van der Waals surface area contributed by atoms with E-state index in [0.29, 0.717) is 53.3 Å². The average Bonchev–Trinajstić information content (AvgIpc) is 3.04. The van der Waals surface area contributed by atoms with Crippen molar-refractivity contribution in [1.29, 1.82) is 0 Å². The molecule has 0 aliphatic carbocycles. The Kier molecular flexibility index (Phi) is 13.9. The summed E-state index contributed by atoms with van der Waals surface area (Å²) in [5.41, 5.74) is 2.78. The van der Waals surface area contributed by atoms with Crippen LogP contribution in [0.3, 0.4) is 0 Å². The smallest absolute Gasteiger partial charge is 0.258 e. The minimum atomic E-state index is -0.464. The Balaban J connectivity index is 1.58. The number of aliphatic hydroxyl groups excluding tert-OH is 1. The Labute approximate surface area is 288 Å². The Bertz CT molecular complexity index is 1470. The Morgan fingerprint density at radius 2 is 1.81 bits per heavy atom. The highest BCUT2D eigenvalue weighted by Crippen LogP contribution is 2.29. The van der Waals surface area contributed by atoms with E-state index in [0.717, 1.165) is 30.4 Å². The van der Waals surface area contributed by atoms with Crippen LogP contribution >= 0.6 is 23.2 Å². The van der Waals surface area contributed by atoms with Gasteiger partial charge in [-0.25, -0.2) is 0 Å². The van der Waals surface area contributed by atoms with Crippen molar-refractivity contribution >= 4 is 40.7 Å². The molecule has 0 bridgehead atoms. The van der Waals surface area contributed by atoms with Gasteiger partial charge in [0.2, 0.25) is 5.91 Å². The number of nitrogens with zero attached hydrogens (tertiary/aromatic N) is 2. The minimum Gasteiger partial charge on any atom is -0.490 e. The first-order valence-corrected chi connectivity index (χ1v) is 17.1. The normalized spacial score (nSPS) is 20.2. The molecule has 0 unspecified atom stereocenters. The zero-order chi connectivity index (χ0) is 33.9. The van der Waals surface area contributed by atoms with E-state index in [2.05, 4.69) is 17.1 Å². The standard InChI is InChI=1S/C37H47Cl2N3O5/c1-25-21-42(26(2)24-43)37(45)31-20-30(40-36(44)19-28-11-6-5-7-12-28)14-16-34(31)47-27(3)10-8-9-17-46-35(25)23-41(4)22-29-13-15-32(38)33(39)18-29/h5-7,11-16,18,20,25-27,35,43H,8-10,17,19,21-24H2,1-4H3,(H,40,44)/t25-,26-,27+,35-/m1/s1. The van der Waals surface area contributed by atoms with Crippen LogP contribution in [0.5, 0.6) is 5.75 Å². The molecule has 4 rings (SSSR count). The molecule has 3 aromatic rings. The van der Waals surface area contributed by atoms with Crippen molar-refractivity contribution < 1.29 is 24.2 Å². The Morgan fingerprint density at radius 3 is 2.53 bits per heavy atom. The molecule has 1 heterocycles. The Morgan fingerprint density at radius 1 is 1.04 bits per heavy atom. The summed E-state index contributed by atoms with van der Waals surface area (Å²) in [6.45, 7) is 7.92. The molecule has 2 N–H and O–H groups in total. The number of carbonyl (C=O) groups excluding carboxylic acids is 2. The molecule has 1 aliphatic rings. The molecular weight excluding hydrogens is 637 g/mol. The fourth-order valence-corrected chi connectivity index (χ4v) is 6.09. The average molecular weight is 685 g/mol. The van der Waals surface area contributed by atoms with Crippen molar-refractivity contribution in [3.05, 3.63) is 93.5 Å². The summed E-state index contributed by atoms with van der Waals surface area (Å²) < 4.78 is 12.8. The van der Waals surface area contributed by atoms with Crippen molar-refractivity contribution in [2.24, 2.45) is 5.92 Å². The predicted molar refractivity (Wildman–Crippen MR) is 188 cm³/mol. The number of aliphatic hydroxyl groups is 1. The summed E-state index contributed by atoms with van der Waals surface area (Å²) in [5, 5.41) is 14.2. The summed E-state index contributed by atoms with van der Waals surface area (Å²) in [7, 11) is 2.03. The molecule has 1 aliphatic heterocycles. The first-order valence-electron chi connectivity index (χ1n) is 16.3. The second-order valence-electron chi connectivity index (χ2n) is 12.7. The largest absolute Gasteiger partial charge is 0.490 e. The van der Waals surface area contributed by atoms with Crippen LogP contribution in [0, 0.1) is 5.92 Å². The molecular formula is C37H47Cl2N3O5. The lowest BCUT2D eigenvalue weighted by Crippen LogP contribution is -2.47. The molecule has 8 nitrogen and oxygen atoms in total. The Hall–Kier alpha value is -3.14. The van der Waals surface area contributed by atoms with Gasteiger partial charge in [0.15, 0.2) is 0 Å². The predicted octanol–water partition coefficient (Wildman–Crippen LogP) is 7.10. The second-order valence-corrected chi connectivity index (χ2v) is 13.5. The van der Waals surface area contributed by atoms with Crippen molar-refractivity contribution in [1.82, 2.24) is 9.80 Å². The fourth-order valence-electron chi connectivity index (χ4n) is 5.77. The summed E-state index contributed by atoms with van der Waals surface area (Å²) in [6.07, 6.45) is 2.48. The van der Waals surface area contributed by atoms with E-state index in [1.165, 1.54) is 0 Å². The number of amides is 2. The first-order chi connectivity index (χ1) is 22.5. The molecule has 0 spiro atoms. The van der Waals surface area contributed by atoms with E-state index in [1.807, 2.05) is 63.4 Å². The number of benzene rings is 3. The van der Waals surface area contributed by atoms with Crippen molar-refractivity contribution in [3.63, 3.8) is 0 Å². The molecule has 254 valence electrons. The maximum absolute atomic E-state index is 14.4. The number of halogens is 2. The highest BCUT2D eigenvalue weighted by molar-refractivity contribution is 6.42. The molecule has 3 aromatic carbocycles. The molecule has 0 radical (unpaired) electrons. The number of fused-ring (bicyclic) bond motifs is 1. The molecule has 0 aromatic heterocycles. The van der Waals surface area contributed by atoms with Gasteiger partial charge in [0, 0.05) is 37.8 Å². The van der Waals surface area contributed by atoms with E-state index >= 15 is 0 Å². The van der Waals surface area contributed by atoms with Gasteiger partial charge < -0.3 is 24.8 Å². The maximum Gasteiger partial charge on any atom is 0.258 e. The number of hydrogen-bond donors (Lipinski definition) is 2. The minimum absolute atomic E-state index is 0.0656. The fraction of sp³-hybridized carbons (Fsp3) is 0.459. The second kappa shape index (κ2) is 17.9. The SMILES string of the molecule is C[C@@H]1CN([C@H](C)CO)C(=O)c2cc(NC(=O)Cc3ccccc3)ccc2O[C@@H](C)CCCCO[C@@H]1CN(C)Cc1ccc(Cl)c(Cl)c1. The van der Waals surface area contributed by atoms with E-state index in [4.69, 9.17) is 32.7 Å². The number of rotatable bonds is 9. The number of nitrogens with one attached hydrogen (secondary N) is 1. The third-order valence-electron chi connectivity index (χ3n) is 8.47. The monoisotopic (exact) mass is 683 g/mol. The van der Waals surface area contributed by atoms with Crippen LogP contribution in [0.4, 0.5) is 5.69 Å². The molecule has 47 heavy (non-hydrogen) atoms. The molecule has 0 saturated carbocycles. The summed E-state index contributed by atoms with van der Waals surface area (Å²) >= 11 is 12.4. The van der Waals surface area contributed by atoms with Gasteiger partial charge in [-0.3, -0.25) is 14.5 Å². The highest BCUT2D eigenvalue weighted by atomic mass is 35.5. The molecule has 4 atom stereocenters. The van der Waals surface area contributed by atoms with E-state index in [1.54, 1.807) is 29.2 Å². The number of ether oxygens (including phenoxy) is 2. The topological polar surface area (TPSA) is 91.3 Å². The lowest BCUT2D eigenvalue weighted by Gasteiger charge is -2.36. The third-order valence-corrected chi connectivity index (χ3v) is 9.21. The molecule has 10 heteroatoms. The van der Waals surface area contributed by atoms with Crippen molar-refractivity contribution in [2.45, 2.75) is 71.2 Å². The first kappa shape index (κ1) is 36.7. The van der Waals surface area contributed by atoms with Crippen LogP contribution in [0.1, 0.15) is 61.5 Å². The molecule has 2 amide bonds. The van der Waals surface area contributed by atoms with Crippen LogP contribution in [0.15, 0.2) is 66.7 Å². The quantitative estimate of drug-likeness (QED) is 0.250. The van der Waals surface area contributed by atoms with Gasteiger partial charge in [-0.2, -0.15) is 0 Å². The highest BCUT2D eigenvalue weighted by Gasteiger charge is 2.30. The summed E-state index contributed by atoms with van der Waals surface area (Å²) in [5.74, 6) is -0.0699. The van der Waals surface area contributed by atoms with Crippen molar-refractivity contribution in [3.8, 4) is 5.75 Å². The summed E-state index contributed by atoms with van der Waals surface area (Å²) in [4.78, 5) is 31.1. The van der Waals surface area contributed by atoms with E-state index < -0.39 is 6.04 Å². The number of likely N-dealkylation sites (N-methyl/N-ethyl adjacent to an activating group) is 1. The van der Waals surface area contributed by atoms with Gasteiger partial charge in [-0.1, -0.05) is 66.5 Å². The van der Waals surface area contributed by atoms with Crippen LogP contribution in [0.2, 0.25) is 10.0 Å². The van der Waals surface area contributed by atoms with Gasteiger partial charge in [0.1, 0.15) is 5.75 Å². The summed E-state index contributed by atoms with van der Waals surface area (Å²) in [6, 6.07) is 19.9. The number of hydrogen-bond acceptors (Lipinski definition) is 6. The lowest BCUT2D eigenvalue weighted by atomic mass is 10.0. The van der Waals surface area contributed by atoms with E-state index in [9.17, 15) is 14.7 Å². The van der Waals surface area contributed by atoms with Gasteiger partial charge >= 0.3 is 0 Å². The molecule has 0 fully saturated rings. The number of anilines is 1. The van der Waals surface area contributed by atoms with Gasteiger partial charge in [-0.15, -0.1) is 0 Å². The van der Waals surface area contributed by atoms with Gasteiger partial charge in [0.25, 0.3) is 5.91 Å². The van der Waals surface area contributed by atoms with Crippen LogP contribution < -0.4 is 10.1 Å². The number of carbonyl (C=O) groups is 2. The van der Waals surface area contributed by atoms with Crippen molar-refractivity contribution in [2.75, 3.05) is 38.7 Å². The van der Waals surface area contributed by atoms with E-state index in [-0.39, 0.29) is 43.0 Å². The zero-order valence-electron chi connectivity index (χ0n) is 27.8. The van der Waals surface area contributed by atoms with Crippen LogP contribution in [-0.4, -0.2) is 78.3 Å². The van der Waals surface area contributed by atoms with Crippen LogP contribution in [-0.2, 0) is 22.5 Å². The third kappa shape index (κ3) is 10.9. The lowest BCUT2D eigenvalue weighted by molar-refractivity contribution is -0.115. The van der Waals surface area contributed by atoms with Gasteiger partial charge in [0.05, 0.1) is 46.9 Å².